The Labute approximate surface area is 146 Å². The van der Waals surface area contributed by atoms with Gasteiger partial charge in [-0.15, -0.1) is 0 Å². The van der Waals surface area contributed by atoms with E-state index in [1.165, 1.54) is 0 Å². The number of para-hydroxylation sites is 1. The van der Waals surface area contributed by atoms with Crippen molar-refractivity contribution in [3.05, 3.63) is 63.5 Å². The fourth-order valence-electron chi connectivity index (χ4n) is 2.29. The number of carbonyl (C=O) groups excluding carboxylic acids is 1. The molecule has 0 saturated heterocycles. The normalized spacial score (nSPS) is 10.4. The van der Waals surface area contributed by atoms with E-state index in [0.717, 1.165) is 18.5 Å². The number of pyridine rings is 1. The van der Waals surface area contributed by atoms with Crippen LogP contribution in [0.1, 0.15) is 18.5 Å². The first-order valence-corrected chi connectivity index (χ1v) is 8.26. The summed E-state index contributed by atoms with van der Waals surface area (Å²) in [7, 11) is 0. The molecule has 6 heteroatoms. The zero-order chi connectivity index (χ0) is 17.4. The first kappa shape index (κ1) is 18.1. The van der Waals surface area contributed by atoms with Crippen molar-refractivity contribution in [3.8, 4) is 5.75 Å². The van der Waals surface area contributed by atoms with Gasteiger partial charge < -0.3 is 14.6 Å². The number of carbonyl (C=O) groups is 1. The molecule has 0 unspecified atom stereocenters. The van der Waals surface area contributed by atoms with Crippen molar-refractivity contribution in [2.75, 3.05) is 13.2 Å². The van der Waals surface area contributed by atoms with E-state index in [2.05, 4.69) is 5.32 Å². The predicted molar refractivity (Wildman–Crippen MR) is 94.6 cm³/mol. The van der Waals surface area contributed by atoms with Crippen LogP contribution in [0, 0.1) is 6.92 Å². The highest BCUT2D eigenvalue weighted by atomic mass is 35.5. The Bertz CT molecular complexity index is 743. The predicted octanol–water partition coefficient (Wildman–Crippen LogP) is 2.79. The van der Waals surface area contributed by atoms with Gasteiger partial charge in [0.05, 0.1) is 5.02 Å². The molecule has 1 amide bonds. The largest absolute Gasteiger partial charge is 0.482 e. The fourth-order valence-corrected chi connectivity index (χ4v) is 2.48. The van der Waals surface area contributed by atoms with E-state index >= 15 is 0 Å². The van der Waals surface area contributed by atoms with E-state index in [1.807, 2.05) is 13.0 Å². The van der Waals surface area contributed by atoms with Crippen molar-refractivity contribution in [1.82, 2.24) is 9.88 Å². The van der Waals surface area contributed by atoms with Crippen LogP contribution in [0.2, 0.25) is 5.02 Å². The number of benzene rings is 1. The summed E-state index contributed by atoms with van der Waals surface area (Å²) in [6, 6.07) is 12.3. The Kier molecular flexibility index (Phi) is 6.88. The summed E-state index contributed by atoms with van der Waals surface area (Å²) in [5, 5.41) is 3.27. The molecule has 1 aromatic carbocycles. The van der Waals surface area contributed by atoms with E-state index < -0.39 is 0 Å². The summed E-state index contributed by atoms with van der Waals surface area (Å²) in [6.45, 7) is 3.04. The highest BCUT2D eigenvalue weighted by Crippen LogP contribution is 2.22. The molecule has 0 atom stereocenters. The van der Waals surface area contributed by atoms with Crippen LogP contribution in [0.15, 0.2) is 47.3 Å². The Hall–Kier alpha value is -2.27. The Balaban J connectivity index is 1.65. The Morgan fingerprint density at radius 2 is 1.96 bits per heavy atom. The van der Waals surface area contributed by atoms with E-state index in [-0.39, 0.29) is 18.1 Å². The molecular formula is C18H21ClN2O3. The van der Waals surface area contributed by atoms with Gasteiger partial charge in [-0.25, -0.2) is 0 Å². The molecule has 0 aliphatic carbocycles. The molecule has 0 fully saturated rings. The van der Waals surface area contributed by atoms with Gasteiger partial charge in [-0.2, -0.15) is 0 Å². The minimum absolute atomic E-state index is 0.00664. The second kappa shape index (κ2) is 9.13. The lowest BCUT2D eigenvalue weighted by atomic mass is 10.2. The summed E-state index contributed by atoms with van der Waals surface area (Å²) in [5.74, 6) is 0.302. The zero-order valence-electron chi connectivity index (χ0n) is 13.6. The van der Waals surface area contributed by atoms with Gasteiger partial charge in [0.2, 0.25) is 0 Å². The molecule has 1 heterocycles. The Morgan fingerprint density at radius 3 is 2.71 bits per heavy atom. The second-order valence-corrected chi connectivity index (χ2v) is 5.84. The van der Waals surface area contributed by atoms with Crippen molar-refractivity contribution in [1.29, 1.82) is 0 Å². The highest BCUT2D eigenvalue weighted by molar-refractivity contribution is 6.32. The van der Waals surface area contributed by atoms with E-state index in [1.54, 1.807) is 41.0 Å². The molecule has 0 bridgehead atoms. The number of aryl methyl sites for hydroxylation is 1. The standard InChI is InChI=1S/C18H21ClN2O3/c1-14-7-6-10-18(23)21(14)12-5-4-11-20-17(22)13-24-16-9-3-2-8-15(16)19/h2-3,6-10H,4-5,11-13H2,1H3,(H,20,22). The van der Waals surface area contributed by atoms with Gasteiger partial charge in [0.25, 0.3) is 11.5 Å². The van der Waals surface area contributed by atoms with Gasteiger partial charge in [0.1, 0.15) is 5.75 Å². The van der Waals surface area contributed by atoms with Crippen LogP contribution in [-0.4, -0.2) is 23.6 Å². The monoisotopic (exact) mass is 348 g/mol. The SMILES string of the molecule is Cc1cccc(=O)n1CCCCNC(=O)COc1ccccc1Cl. The number of amides is 1. The number of hydrogen-bond donors (Lipinski definition) is 1. The number of aromatic nitrogens is 1. The number of nitrogens with zero attached hydrogens (tertiary/aromatic N) is 1. The quantitative estimate of drug-likeness (QED) is 0.746. The topological polar surface area (TPSA) is 60.3 Å². The molecule has 0 radical (unpaired) electrons. The van der Waals surface area contributed by atoms with Crippen LogP contribution in [0.25, 0.3) is 0 Å². The molecule has 128 valence electrons. The summed E-state index contributed by atoms with van der Waals surface area (Å²) >= 11 is 5.95. The van der Waals surface area contributed by atoms with Gasteiger partial charge in [0, 0.05) is 24.8 Å². The van der Waals surface area contributed by atoms with Crippen molar-refractivity contribution >= 4 is 17.5 Å². The first-order chi connectivity index (χ1) is 11.6. The molecule has 1 N–H and O–H groups in total. The average Bonchev–Trinajstić information content (AvgIpc) is 2.56. The molecule has 2 rings (SSSR count). The van der Waals surface area contributed by atoms with Crippen LogP contribution in [-0.2, 0) is 11.3 Å². The van der Waals surface area contributed by atoms with Gasteiger partial charge >= 0.3 is 0 Å². The first-order valence-electron chi connectivity index (χ1n) is 7.88. The maximum atomic E-state index is 11.7. The van der Waals surface area contributed by atoms with E-state index in [0.29, 0.717) is 23.9 Å². The number of rotatable bonds is 8. The van der Waals surface area contributed by atoms with Crippen molar-refractivity contribution in [2.45, 2.75) is 26.3 Å². The average molecular weight is 349 g/mol. The van der Waals surface area contributed by atoms with Crippen LogP contribution < -0.4 is 15.6 Å². The molecule has 0 saturated carbocycles. The van der Waals surface area contributed by atoms with Crippen LogP contribution >= 0.6 is 11.6 Å². The number of ether oxygens (including phenoxy) is 1. The second-order valence-electron chi connectivity index (χ2n) is 5.43. The van der Waals surface area contributed by atoms with Gasteiger partial charge in [-0.3, -0.25) is 9.59 Å². The molecule has 2 aromatic rings. The zero-order valence-corrected chi connectivity index (χ0v) is 14.4. The number of unbranched alkanes of at least 4 members (excludes halogenated alkanes) is 1. The third-order valence-corrected chi connectivity index (χ3v) is 3.91. The van der Waals surface area contributed by atoms with Crippen LogP contribution in [0.4, 0.5) is 0 Å². The van der Waals surface area contributed by atoms with E-state index in [4.69, 9.17) is 16.3 Å². The highest BCUT2D eigenvalue weighted by Gasteiger charge is 2.05. The van der Waals surface area contributed by atoms with Crippen molar-refractivity contribution in [2.24, 2.45) is 0 Å². The number of nitrogens with one attached hydrogen (secondary N) is 1. The summed E-state index contributed by atoms with van der Waals surface area (Å²) in [6.07, 6.45) is 1.61. The molecule has 24 heavy (non-hydrogen) atoms. The third kappa shape index (κ3) is 5.42. The summed E-state index contributed by atoms with van der Waals surface area (Å²) < 4.78 is 7.11. The maximum absolute atomic E-state index is 11.7. The maximum Gasteiger partial charge on any atom is 0.257 e. The molecule has 0 spiro atoms. The lowest BCUT2D eigenvalue weighted by Crippen LogP contribution is -2.30. The molecular weight excluding hydrogens is 328 g/mol. The summed E-state index contributed by atoms with van der Waals surface area (Å²) in [5.41, 5.74) is 0.951. The van der Waals surface area contributed by atoms with Crippen molar-refractivity contribution in [3.63, 3.8) is 0 Å². The van der Waals surface area contributed by atoms with Crippen molar-refractivity contribution < 1.29 is 9.53 Å². The fraction of sp³-hybridized carbons (Fsp3) is 0.333. The third-order valence-electron chi connectivity index (χ3n) is 3.59. The smallest absolute Gasteiger partial charge is 0.257 e. The number of halogens is 1. The summed E-state index contributed by atoms with van der Waals surface area (Å²) in [4.78, 5) is 23.5. The molecule has 1 aromatic heterocycles. The van der Waals surface area contributed by atoms with Gasteiger partial charge in [0.15, 0.2) is 6.61 Å². The molecule has 0 aliphatic rings. The minimum Gasteiger partial charge on any atom is -0.482 e. The molecule has 5 nitrogen and oxygen atoms in total. The van der Waals surface area contributed by atoms with Gasteiger partial charge in [-0.1, -0.05) is 29.8 Å². The van der Waals surface area contributed by atoms with Crippen LogP contribution in [0.3, 0.4) is 0 Å². The minimum atomic E-state index is -0.192. The van der Waals surface area contributed by atoms with E-state index in [9.17, 15) is 9.59 Å². The lowest BCUT2D eigenvalue weighted by molar-refractivity contribution is -0.123. The van der Waals surface area contributed by atoms with Gasteiger partial charge in [-0.05, 0) is 38.0 Å². The molecule has 0 aliphatic heterocycles. The number of hydrogen-bond acceptors (Lipinski definition) is 3. The van der Waals surface area contributed by atoms with Crippen LogP contribution in [0.5, 0.6) is 5.75 Å². The Morgan fingerprint density at radius 1 is 1.17 bits per heavy atom. The lowest BCUT2D eigenvalue weighted by Gasteiger charge is -2.10.